The molecule has 2 aliphatic rings. The van der Waals surface area contributed by atoms with E-state index in [0.717, 1.165) is 35.0 Å². The number of halogens is 1. The van der Waals surface area contributed by atoms with Crippen molar-refractivity contribution >= 4 is 15.9 Å². The van der Waals surface area contributed by atoms with Crippen LogP contribution in [-0.4, -0.2) is 10.7 Å². The maximum atomic E-state index is 10.4. The second-order valence-electron chi connectivity index (χ2n) is 6.85. The molecule has 2 nitrogen and oxygen atoms in total. The van der Waals surface area contributed by atoms with Crippen molar-refractivity contribution < 1.29 is 9.84 Å². The summed E-state index contributed by atoms with van der Waals surface area (Å²) in [5, 5.41) is 10.4. The van der Waals surface area contributed by atoms with E-state index in [1.807, 2.05) is 18.2 Å². The summed E-state index contributed by atoms with van der Waals surface area (Å²) in [6.07, 6.45) is 4.77. The van der Waals surface area contributed by atoms with Gasteiger partial charge in [-0.25, -0.2) is 0 Å². The van der Waals surface area contributed by atoms with Gasteiger partial charge in [-0.15, -0.1) is 0 Å². The molecule has 0 unspecified atom stereocenters. The average Bonchev–Trinajstić information content (AvgIpc) is 2.35. The molecule has 1 aromatic rings. The molecule has 1 N–H and O–H groups in total. The van der Waals surface area contributed by atoms with Gasteiger partial charge in [0.25, 0.3) is 0 Å². The normalized spacial score (nSPS) is 27.7. The zero-order valence-corrected chi connectivity index (χ0v) is 13.2. The van der Waals surface area contributed by atoms with Crippen molar-refractivity contribution in [3.63, 3.8) is 0 Å². The highest BCUT2D eigenvalue weighted by molar-refractivity contribution is 9.10. The third kappa shape index (κ3) is 2.55. The molecule has 0 saturated heterocycles. The Kier molecular flexibility index (Phi) is 3.18. The standard InChI is InChI=1S/C16H21BrO2/c1-15(2)5-7-16(8-6-15)10-13(18)12-9-11(17)3-4-14(12)19-16/h3-4,9,13,18H,5-8,10H2,1-2H3/t13-/m1/s1. The first kappa shape index (κ1) is 13.4. The first-order valence-electron chi connectivity index (χ1n) is 7.06. The lowest BCUT2D eigenvalue weighted by Crippen LogP contribution is -2.45. The highest BCUT2D eigenvalue weighted by Gasteiger charge is 2.44. The molecule has 1 saturated carbocycles. The van der Waals surface area contributed by atoms with Gasteiger partial charge in [-0.1, -0.05) is 29.8 Å². The van der Waals surface area contributed by atoms with Gasteiger partial charge in [0.15, 0.2) is 0 Å². The third-order valence-corrected chi connectivity index (χ3v) is 5.23. The highest BCUT2D eigenvalue weighted by atomic mass is 79.9. The summed E-state index contributed by atoms with van der Waals surface area (Å²) in [4.78, 5) is 0. The maximum absolute atomic E-state index is 10.4. The van der Waals surface area contributed by atoms with E-state index in [1.165, 1.54) is 12.8 Å². The number of rotatable bonds is 0. The maximum Gasteiger partial charge on any atom is 0.126 e. The number of hydrogen-bond acceptors (Lipinski definition) is 2. The van der Waals surface area contributed by atoms with Gasteiger partial charge in [0.05, 0.1) is 6.10 Å². The number of fused-ring (bicyclic) bond motifs is 1. The van der Waals surface area contributed by atoms with Crippen LogP contribution in [0.4, 0.5) is 0 Å². The van der Waals surface area contributed by atoms with Gasteiger partial charge in [0, 0.05) is 16.5 Å². The molecule has 19 heavy (non-hydrogen) atoms. The van der Waals surface area contributed by atoms with Crippen LogP contribution in [0, 0.1) is 5.41 Å². The Balaban J connectivity index is 1.87. The van der Waals surface area contributed by atoms with Crippen LogP contribution in [0.2, 0.25) is 0 Å². The third-order valence-electron chi connectivity index (χ3n) is 4.74. The molecule has 104 valence electrons. The molecular formula is C16H21BrO2. The molecule has 1 aliphatic carbocycles. The Morgan fingerprint density at radius 3 is 2.58 bits per heavy atom. The summed E-state index contributed by atoms with van der Waals surface area (Å²) in [6, 6.07) is 5.93. The molecule has 1 aromatic carbocycles. The fourth-order valence-electron chi connectivity index (χ4n) is 3.30. The van der Waals surface area contributed by atoms with E-state index in [1.54, 1.807) is 0 Å². The van der Waals surface area contributed by atoms with Crippen LogP contribution in [0.15, 0.2) is 22.7 Å². The average molecular weight is 325 g/mol. The molecule has 1 fully saturated rings. The lowest BCUT2D eigenvalue weighted by molar-refractivity contribution is -0.0576. The summed E-state index contributed by atoms with van der Waals surface area (Å²) >= 11 is 3.45. The van der Waals surface area contributed by atoms with E-state index in [4.69, 9.17) is 4.74 Å². The largest absolute Gasteiger partial charge is 0.487 e. The van der Waals surface area contributed by atoms with E-state index in [9.17, 15) is 5.11 Å². The minimum absolute atomic E-state index is 0.143. The first-order valence-corrected chi connectivity index (χ1v) is 7.85. The van der Waals surface area contributed by atoms with Gasteiger partial charge in [0.2, 0.25) is 0 Å². The molecular weight excluding hydrogens is 304 g/mol. The smallest absolute Gasteiger partial charge is 0.126 e. The van der Waals surface area contributed by atoms with Crippen LogP contribution in [0.3, 0.4) is 0 Å². The Morgan fingerprint density at radius 1 is 1.21 bits per heavy atom. The van der Waals surface area contributed by atoms with E-state index in [0.29, 0.717) is 5.41 Å². The molecule has 1 aliphatic heterocycles. The molecule has 1 atom stereocenters. The number of benzene rings is 1. The zero-order valence-electron chi connectivity index (χ0n) is 11.6. The van der Waals surface area contributed by atoms with Crippen LogP contribution in [0.1, 0.15) is 57.6 Å². The molecule has 0 aromatic heterocycles. The van der Waals surface area contributed by atoms with Crippen LogP contribution < -0.4 is 4.74 Å². The fraction of sp³-hybridized carbons (Fsp3) is 0.625. The number of aliphatic hydroxyl groups is 1. The molecule has 1 heterocycles. The van der Waals surface area contributed by atoms with Crippen LogP contribution in [0.5, 0.6) is 5.75 Å². The Bertz CT molecular complexity index is 486. The lowest BCUT2D eigenvalue weighted by atomic mass is 9.68. The number of aliphatic hydroxyl groups excluding tert-OH is 1. The Hall–Kier alpha value is -0.540. The van der Waals surface area contributed by atoms with Crippen LogP contribution in [-0.2, 0) is 0 Å². The predicted octanol–water partition coefficient (Wildman–Crippen LogP) is 4.60. The summed E-state index contributed by atoms with van der Waals surface area (Å²) in [5.74, 6) is 0.863. The second kappa shape index (κ2) is 4.49. The topological polar surface area (TPSA) is 29.5 Å². The molecule has 0 bridgehead atoms. The van der Waals surface area contributed by atoms with Crippen molar-refractivity contribution in [1.82, 2.24) is 0 Å². The van der Waals surface area contributed by atoms with Gasteiger partial charge < -0.3 is 9.84 Å². The van der Waals surface area contributed by atoms with Crippen LogP contribution in [0.25, 0.3) is 0 Å². The fourth-order valence-corrected chi connectivity index (χ4v) is 3.68. The van der Waals surface area contributed by atoms with Crippen molar-refractivity contribution in [3.8, 4) is 5.75 Å². The second-order valence-corrected chi connectivity index (χ2v) is 7.77. The quantitative estimate of drug-likeness (QED) is 0.755. The summed E-state index contributed by atoms with van der Waals surface area (Å²) in [6.45, 7) is 4.65. The van der Waals surface area contributed by atoms with Gasteiger partial charge in [0.1, 0.15) is 11.4 Å². The van der Waals surface area contributed by atoms with Crippen molar-refractivity contribution in [3.05, 3.63) is 28.2 Å². The molecule has 0 amide bonds. The summed E-state index contributed by atoms with van der Waals surface area (Å²) in [5.41, 5.74) is 1.19. The minimum Gasteiger partial charge on any atom is -0.487 e. The van der Waals surface area contributed by atoms with Gasteiger partial charge in [-0.2, -0.15) is 0 Å². The predicted molar refractivity (Wildman–Crippen MR) is 79.3 cm³/mol. The molecule has 3 rings (SSSR count). The Morgan fingerprint density at radius 2 is 1.89 bits per heavy atom. The summed E-state index contributed by atoms with van der Waals surface area (Å²) in [7, 11) is 0. The van der Waals surface area contributed by atoms with E-state index < -0.39 is 6.10 Å². The van der Waals surface area contributed by atoms with Crippen molar-refractivity contribution in [2.24, 2.45) is 5.41 Å². The van der Waals surface area contributed by atoms with Gasteiger partial charge in [-0.05, 0) is 49.3 Å². The van der Waals surface area contributed by atoms with E-state index >= 15 is 0 Å². The van der Waals surface area contributed by atoms with E-state index in [-0.39, 0.29) is 5.60 Å². The van der Waals surface area contributed by atoms with Gasteiger partial charge in [-0.3, -0.25) is 0 Å². The van der Waals surface area contributed by atoms with Gasteiger partial charge >= 0.3 is 0 Å². The highest BCUT2D eigenvalue weighted by Crippen LogP contribution is 2.50. The number of ether oxygens (including phenoxy) is 1. The van der Waals surface area contributed by atoms with E-state index in [2.05, 4.69) is 29.8 Å². The minimum atomic E-state index is -0.400. The van der Waals surface area contributed by atoms with Crippen LogP contribution >= 0.6 is 15.9 Å². The van der Waals surface area contributed by atoms with Crippen molar-refractivity contribution in [2.45, 2.75) is 57.7 Å². The lowest BCUT2D eigenvalue weighted by Gasteiger charge is -2.47. The van der Waals surface area contributed by atoms with Crippen molar-refractivity contribution in [1.29, 1.82) is 0 Å². The van der Waals surface area contributed by atoms with Crippen molar-refractivity contribution in [2.75, 3.05) is 0 Å². The monoisotopic (exact) mass is 324 g/mol. The first-order chi connectivity index (χ1) is 8.89. The molecule has 1 spiro atoms. The Labute approximate surface area is 123 Å². The SMILES string of the molecule is CC1(C)CCC2(CC1)C[C@@H](O)c1cc(Br)ccc1O2. The number of hydrogen-bond donors (Lipinski definition) is 1. The molecule has 3 heteroatoms. The zero-order chi connectivity index (χ0) is 13.7. The summed E-state index contributed by atoms with van der Waals surface area (Å²) < 4.78 is 7.29. The molecule has 0 radical (unpaired) electrons.